The zero-order valence-corrected chi connectivity index (χ0v) is 14.7. The minimum atomic E-state index is 0.281. The van der Waals surface area contributed by atoms with Crippen LogP contribution in [0.2, 0.25) is 0 Å². The molecule has 128 valence electrons. The molecular weight excluding hydrogens is 312 g/mol. The summed E-state index contributed by atoms with van der Waals surface area (Å²) in [6.07, 6.45) is 0. The van der Waals surface area contributed by atoms with Crippen LogP contribution < -0.4 is 15.4 Å². The molecule has 0 bridgehead atoms. The van der Waals surface area contributed by atoms with Crippen molar-refractivity contribution in [1.82, 2.24) is 9.97 Å². The average molecular weight is 334 g/mol. The maximum absolute atomic E-state index is 5.27. The predicted octanol–water partition coefficient (Wildman–Crippen LogP) is 4.72. The summed E-state index contributed by atoms with van der Waals surface area (Å²) in [5.41, 5.74) is 2.79. The molecule has 0 amide bonds. The largest absolute Gasteiger partial charge is 0.497 e. The highest BCUT2D eigenvalue weighted by Crippen LogP contribution is 2.24. The van der Waals surface area contributed by atoms with E-state index in [9.17, 15) is 0 Å². The Morgan fingerprint density at radius 3 is 2.44 bits per heavy atom. The monoisotopic (exact) mass is 334 g/mol. The van der Waals surface area contributed by atoms with E-state index < -0.39 is 0 Å². The second-order valence-corrected chi connectivity index (χ2v) is 5.98. The molecular formula is C20H22N4O. The molecule has 2 aromatic carbocycles. The fourth-order valence-corrected chi connectivity index (χ4v) is 2.46. The summed E-state index contributed by atoms with van der Waals surface area (Å²) in [5, 5.41) is 6.61. The SMILES string of the molecule is COc1cccc(Nc2nc(NC(C)C)cc(-c3ccccc3)n2)c1. The van der Waals surface area contributed by atoms with E-state index in [1.165, 1.54) is 0 Å². The van der Waals surface area contributed by atoms with E-state index in [-0.39, 0.29) is 6.04 Å². The lowest BCUT2D eigenvalue weighted by molar-refractivity contribution is 0.415. The van der Waals surface area contributed by atoms with Crippen molar-refractivity contribution in [3.8, 4) is 17.0 Å². The van der Waals surface area contributed by atoms with E-state index in [1.807, 2.05) is 60.7 Å². The standard InChI is InChI=1S/C20H22N4O/c1-14(2)21-19-13-18(15-8-5-4-6-9-15)23-20(24-19)22-16-10-7-11-17(12-16)25-3/h4-14H,1-3H3,(H2,21,22,23,24). The van der Waals surface area contributed by atoms with Gasteiger partial charge in [0, 0.05) is 29.4 Å². The van der Waals surface area contributed by atoms with Crippen LogP contribution in [0.1, 0.15) is 13.8 Å². The Morgan fingerprint density at radius 1 is 0.920 bits per heavy atom. The molecule has 1 aromatic heterocycles. The van der Waals surface area contributed by atoms with Gasteiger partial charge in [-0.3, -0.25) is 0 Å². The number of methoxy groups -OCH3 is 1. The van der Waals surface area contributed by atoms with Crippen LogP contribution in [0.3, 0.4) is 0 Å². The fraction of sp³-hybridized carbons (Fsp3) is 0.200. The van der Waals surface area contributed by atoms with E-state index in [4.69, 9.17) is 4.74 Å². The number of benzene rings is 2. The summed E-state index contributed by atoms with van der Waals surface area (Å²) in [4.78, 5) is 9.23. The van der Waals surface area contributed by atoms with Gasteiger partial charge in [0.1, 0.15) is 11.6 Å². The molecule has 0 aliphatic rings. The van der Waals surface area contributed by atoms with Gasteiger partial charge in [0.25, 0.3) is 0 Å². The summed E-state index contributed by atoms with van der Waals surface area (Å²) in [5.74, 6) is 2.11. The molecule has 5 nitrogen and oxygen atoms in total. The summed E-state index contributed by atoms with van der Waals surface area (Å²) < 4.78 is 5.27. The van der Waals surface area contributed by atoms with Gasteiger partial charge in [0.15, 0.2) is 0 Å². The molecule has 2 N–H and O–H groups in total. The molecule has 0 radical (unpaired) electrons. The van der Waals surface area contributed by atoms with Crippen LogP contribution in [0.4, 0.5) is 17.5 Å². The van der Waals surface area contributed by atoms with Gasteiger partial charge < -0.3 is 15.4 Å². The van der Waals surface area contributed by atoms with Gasteiger partial charge in [-0.1, -0.05) is 36.4 Å². The maximum Gasteiger partial charge on any atom is 0.229 e. The highest BCUT2D eigenvalue weighted by atomic mass is 16.5. The van der Waals surface area contributed by atoms with E-state index in [0.717, 1.165) is 28.5 Å². The Labute approximate surface area is 148 Å². The number of ether oxygens (including phenoxy) is 1. The average Bonchev–Trinajstić information content (AvgIpc) is 2.62. The molecule has 1 heterocycles. The van der Waals surface area contributed by atoms with Crippen LogP contribution in [-0.4, -0.2) is 23.1 Å². The van der Waals surface area contributed by atoms with Gasteiger partial charge in [-0.2, -0.15) is 4.98 Å². The summed E-state index contributed by atoms with van der Waals surface area (Å²) in [6.45, 7) is 4.17. The Hall–Kier alpha value is -3.08. The van der Waals surface area contributed by atoms with Crippen LogP contribution in [0.15, 0.2) is 60.7 Å². The molecule has 0 unspecified atom stereocenters. The van der Waals surface area contributed by atoms with Gasteiger partial charge in [-0.15, -0.1) is 0 Å². The normalized spacial score (nSPS) is 10.6. The molecule has 0 spiro atoms. The van der Waals surface area contributed by atoms with Crippen molar-refractivity contribution in [2.24, 2.45) is 0 Å². The smallest absolute Gasteiger partial charge is 0.229 e. The van der Waals surface area contributed by atoms with Crippen LogP contribution >= 0.6 is 0 Å². The highest BCUT2D eigenvalue weighted by Gasteiger charge is 2.08. The first kappa shape index (κ1) is 16.8. The highest BCUT2D eigenvalue weighted by molar-refractivity contribution is 5.66. The van der Waals surface area contributed by atoms with Crippen molar-refractivity contribution in [3.63, 3.8) is 0 Å². The number of hydrogen-bond acceptors (Lipinski definition) is 5. The van der Waals surface area contributed by atoms with Gasteiger partial charge in [0.2, 0.25) is 5.95 Å². The van der Waals surface area contributed by atoms with E-state index in [1.54, 1.807) is 7.11 Å². The molecule has 0 fully saturated rings. The first-order valence-corrected chi connectivity index (χ1v) is 8.26. The fourth-order valence-electron chi connectivity index (χ4n) is 2.46. The zero-order chi connectivity index (χ0) is 17.6. The predicted molar refractivity (Wildman–Crippen MR) is 103 cm³/mol. The number of aromatic nitrogens is 2. The van der Waals surface area contributed by atoms with Crippen molar-refractivity contribution in [3.05, 3.63) is 60.7 Å². The molecule has 5 heteroatoms. The van der Waals surface area contributed by atoms with Crippen molar-refractivity contribution in [1.29, 1.82) is 0 Å². The third kappa shape index (κ3) is 4.47. The summed E-state index contributed by atoms with van der Waals surface area (Å²) in [7, 11) is 1.65. The lowest BCUT2D eigenvalue weighted by atomic mass is 10.1. The van der Waals surface area contributed by atoms with Crippen LogP contribution in [-0.2, 0) is 0 Å². The van der Waals surface area contributed by atoms with Crippen molar-refractivity contribution in [2.45, 2.75) is 19.9 Å². The lowest BCUT2D eigenvalue weighted by Gasteiger charge is -2.13. The number of nitrogens with zero attached hydrogens (tertiary/aromatic N) is 2. The van der Waals surface area contributed by atoms with E-state index >= 15 is 0 Å². The van der Waals surface area contributed by atoms with Gasteiger partial charge >= 0.3 is 0 Å². The Bertz CT molecular complexity index is 834. The Balaban J connectivity index is 1.96. The van der Waals surface area contributed by atoms with Crippen molar-refractivity contribution < 1.29 is 4.74 Å². The molecule has 3 rings (SSSR count). The molecule has 25 heavy (non-hydrogen) atoms. The Morgan fingerprint density at radius 2 is 1.72 bits per heavy atom. The molecule has 3 aromatic rings. The second-order valence-electron chi connectivity index (χ2n) is 5.98. The third-order valence-electron chi connectivity index (χ3n) is 3.56. The minimum absolute atomic E-state index is 0.281. The topological polar surface area (TPSA) is 59.1 Å². The first-order chi connectivity index (χ1) is 12.1. The zero-order valence-electron chi connectivity index (χ0n) is 14.7. The van der Waals surface area contributed by atoms with Gasteiger partial charge in [-0.25, -0.2) is 4.98 Å². The summed E-state index contributed by atoms with van der Waals surface area (Å²) >= 11 is 0. The maximum atomic E-state index is 5.27. The number of hydrogen-bond donors (Lipinski definition) is 2. The van der Waals surface area contributed by atoms with Crippen LogP contribution in [0.25, 0.3) is 11.3 Å². The second kappa shape index (κ2) is 7.66. The molecule has 0 atom stereocenters. The molecule has 0 saturated carbocycles. The summed E-state index contributed by atoms with van der Waals surface area (Å²) in [6, 6.07) is 20.0. The molecule has 0 aliphatic heterocycles. The molecule has 0 aliphatic carbocycles. The quantitative estimate of drug-likeness (QED) is 0.683. The number of nitrogens with one attached hydrogen (secondary N) is 2. The van der Waals surface area contributed by atoms with Gasteiger partial charge in [-0.05, 0) is 26.0 Å². The van der Waals surface area contributed by atoms with Crippen molar-refractivity contribution in [2.75, 3.05) is 17.7 Å². The number of anilines is 3. The van der Waals surface area contributed by atoms with Crippen LogP contribution in [0, 0.1) is 0 Å². The lowest BCUT2D eigenvalue weighted by Crippen LogP contribution is -2.12. The minimum Gasteiger partial charge on any atom is -0.497 e. The Kier molecular flexibility index (Phi) is 5.14. The molecule has 0 saturated heterocycles. The first-order valence-electron chi connectivity index (χ1n) is 8.26. The van der Waals surface area contributed by atoms with Crippen molar-refractivity contribution >= 4 is 17.5 Å². The van der Waals surface area contributed by atoms with Gasteiger partial charge in [0.05, 0.1) is 12.8 Å². The van der Waals surface area contributed by atoms with Crippen LogP contribution in [0.5, 0.6) is 5.75 Å². The van der Waals surface area contributed by atoms with E-state index in [0.29, 0.717) is 5.95 Å². The third-order valence-corrected chi connectivity index (χ3v) is 3.56. The van der Waals surface area contributed by atoms with E-state index in [2.05, 4.69) is 34.4 Å². The number of rotatable bonds is 6.